The Kier molecular flexibility index (Phi) is 6.21. The summed E-state index contributed by atoms with van der Waals surface area (Å²) in [5.41, 5.74) is 1.17. The van der Waals surface area contributed by atoms with Gasteiger partial charge in [0.05, 0.1) is 18.1 Å². The van der Waals surface area contributed by atoms with E-state index in [2.05, 4.69) is 20.3 Å². The average molecular weight is 480 g/mol. The zero-order chi connectivity index (χ0) is 23.6. The maximum Gasteiger partial charge on any atom is 0.423 e. The molecular formula is C21H19F3N4O4S. The Morgan fingerprint density at radius 2 is 1.85 bits per heavy atom. The molecule has 1 aromatic carbocycles. The molecule has 1 fully saturated rings. The summed E-state index contributed by atoms with van der Waals surface area (Å²) in [5.74, 6) is -0.547. The zero-order valence-electron chi connectivity index (χ0n) is 17.3. The minimum absolute atomic E-state index is 0.00706. The molecule has 1 aliphatic rings. The van der Waals surface area contributed by atoms with E-state index in [0.717, 1.165) is 17.4 Å². The van der Waals surface area contributed by atoms with Crippen molar-refractivity contribution in [2.45, 2.75) is 23.7 Å². The van der Waals surface area contributed by atoms with Crippen molar-refractivity contribution in [3.63, 3.8) is 0 Å². The first-order chi connectivity index (χ1) is 15.6. The van der Waals surface area contributed by atoms with Crippen LogP contribution in [0, 0.1) is 0 Å². The highest BCUT2D eigenvalue weighted by Gasteiger charge is 2.37. The fraction of sp³-hybridized carbons (Fsp3) is 0.286. The van der Waals surface area contributed by atoms with Crippen LogP contribution >= 0.6 is 0 Å². The molecule has 1 saturated heterocycles. The molecule has 3 heterocycles. The van der Waals surface area contributed by atoms with Gasteiger partial charge in [0.1, 0.15) is 11.7 Å². The molecule has 8 nitrogen and oxygen atoms in total. The van der Waals surface area contributed by atoms with Crippen LogP contribution in [-0.4, -0.2) is 48.9 Å². The van der Waals surface area contributed by atoms with Crippen LogP contribution in [0.25, 0.3) is 11.1 Å². The van der Waals surface area contributed by atoms with Crippen molar-refractivity contribution in [2.24, 2.45) is 0 Å². The topological polar surface area (TPSA) is 103 Å². The van der Waals surface area contributed by atoms with Crippen molar-refractivity contribution in [2.75, 3.05) is 24.8 Å². The largest absolute Gasteiger partial charge is 0.469 e. The van der Waals surface area contributed by atoms with Crippen molar-refractivity contribution in [1.29, 1.82) is 0 Å². The number of ether oxygens (including phenoxy) is 2. The second-order valence-corrected chi connectivity index (χ2v) is 9.44. The zero-order valence-corrected chi connectivity index (χ0v) is 18.2. The third kappa shape index (κ3) is 5.57. The molecule has 0 atom stereocenters. The van der Waals surface area contributed by atoms with Crippen LogP contribution in [0.15, 0.2) is 53.8 Å². The molecule has 1 N–H and O–H groups in total. The van der Waals surface area contributed by atoms with Crippen LogP contribution in [0.5, 0.6) is 5.88 Å². The summed E-state index contributed by atoms with van der Waals surface area (Å²) in [6.45, 7) is 0.664. The van der Waals surface area contributed by atoms with Crippen molar-refractivity contribution in [3.8, 4) is 17.0 Å². The Hall–Kier alpha value is -3.25. The summed E-state index contributed by atoms with van der Waals surface area (Å²) in [7, 11) is -3.38. The molecular weight excluding hydrogens is 461 g/mol. The summed E-state index contributed by atoms with van der Waals surface area (Å²) in [4.78, 5) is 11.7. The van der Waals surface area contributed by atoms with E-state index in [-0.39, 0.29) is 30.6 Å². The lowest BCUT2D eigenvalue weighted by molar-refractivity contribution is -0.142. The van der Waals surface area contributed by atoms with E-state index in [1.807, 2.05) is 0 Å². The van der Waals surface area contributed by atoms with Gasteiger partial charge in [0.2, 0.25) is 11.8 Å². The van der Waals surface area contributed by atoms with Gasteiger partial charge in [-0.25, -0.2) is 13.4 Å². The number of hydrogen-bond donors (Lipinski definition) is 1. The normalized spacial score (nSPS) is 14.5. The van der Waals surface area contributed by atoms with Gasteiger partial charge >= 0.3 is 6.18 Å². The molecule has 2 aromatic heterocycles. The van der Waals surface area contributed by atoms with Crippen molar-refractivity contribution in [3.05, 3.63) is 60.0 Å². The summed E-state index contributed by atoms with van der Waals surface area (Å²) >= 11 is 0. The first kappa shape index (κ1) is 22.9. The lowest BCUT2D eigenvalue weighted by Gasteiger charge is -2.27. The third-order valence-electron chi connectivity index (χ3n) is 4.82. The maximum absolute atomic E-state index is 13.2. The van der Waals surface area contributed by atoms with E-state index in [1.54, 1.807) is 36.5 Å². The first-order valence-corrected chi connectivity index (χ1v) is 11.7. The Labute approximate surface area is 187 Å². The summed E-state index contributed by atoms with van der Waals surface area (Å²) in [5, 5.41) is 2.89. The molecule has 1 aliphatic heterocycles. The highest BCUT2D eigenvalue weighted by atomic mass is 32.2. The number of benzene rings is 1. The summed E-state index contributed by atoms with van der Waals surface area (Å²) < 4.78 is 73.4. The Morgan fingerprint density at radius 3 is 2.45 bits per heavy atom. The second-order valence-electron chi connectivity index (χ2n) is 7.42. The fourth-order valence-electron chi connectivity index (χ4n) is 2.95. The van der Waals surface area contributed by atoms with Crippen molar-refractivity contribution < 1.29 is 31.1 Å². The molecule has 0 amide bonds. The number of aromatic nitrogens is 3. The maximum atomic E-state index is 13.2. The number of alkyl halides is 3. The van der Waals surface area contributed by atoms with Gasteiger partial charge in [-0.15, -0.1) is 0 Å². The molecule has 0 saturated carbocycles. The smallest absolute Gasteiger partial charge is 0.423 e. The van der Waals surface area contributed by atoms with E-state index in [4.69, 9.17) is 9.47 Å². The molecule has 0 spiro atoms. The number of nitrogens with one attached hydrogen (secondary N) is 1. The monoisotopic (exact) mass is 480 g/mol. The van der Waals surface area contributed by atoms with E-state index in [0.29, 0.717) is 11.8 Å². The first-order valence-electron chi connectivity index (χ1n) is 9.76. The third-order valence-corrected chi connectivity index (χ3v) is 5.90. The fourth-order valence-corrected chi connectivity index (χ4v) is 3.54. The Bertz CT molecular complexity index is 1250. The predicted octanol–water partition coefficient (Wildman–Crippen LogP) is 3.35. The molecule has 0 aliphatic carbocycles. The predicted molar refractivity (Wildman–Crippen MR) is 112 cm³/mol. The Balaban J connectivity index is 1.47. The van der Waals surface area contributed by atoms with Crippen molar-refractivity contribution in [1.82, 2.24) is 15.0 Å². The molecule has 33 heavy (non-hydrogen) atoms. The lowest BCUT2D eigenvalue weighted by atomic mass is 10.1. The molecule has 0 unspecified atom stereocenters. The van der Waals surface area contributed by atoms with E-state index in [1.165, 1.54) is 6.20 Å². The lowest BCUT2D eigenvalue weighted by Crippen LogP contribution is -2.39. The second kappa shape index (κ2) is 8.94. The standard InChI is InChI=1S/C21H19F3N4O4S/c1-33(29,30)17-6-15(8-25-9-17)14-4-2-13(3-5-14)7-26-20-27-10-18(21(22,23)24)19(28-20)32-16-11-31-12-16/h2-6,8-10,16H,7,11-12H2,1H3,(H,26,27,28). The van der Waals surface area contributed by atoms with Gasteiger partial charge in [-0.3, -0.25) is 4.98 Å². The number of halogens is 3. The number of pyridine rings is 1. The van der Waals surface area contributed by atoms with Crippen LogP contribution in [0.2, 0.25) is 0 Å². The highest BCUT2D eigenvalue weighted by Crippen LogP contribution is 2.36. The van der Waals surface area contributed by atoms with E-state index >= 15 is 0 Å². The van der Waals surface area contributed by atoms with Crippen LogP contribution in [-0.2, 0) is 27.3 Å². The van der Waals surface area contributed by atoms with Crippen LogP contribution in [0.4, 0.5) is 19.1 Å². The molecule has 3 aromatic rings. The Morgan fingerprint density at radius 1 is 1.12 bits per heavy atom. The van der Waals surface area contributed by atoms with Gasteiger partial charge in [0.25, 0.3) is 0 Å². The molecule has 12 heteroatoms. The summed E-state index contributed by atoms with van der Waals surface area (Å²) in [6, 6.07) is 8.71. The van der Waals surface area contributed by atoms with Crippen LogP contribution in [0.3, 0.4) is 0 Å². The molecule has 0 radical (unpaired) electrons. The summed E-state index contributed by atoms with van der Waals surface area (Å²) in [6.07, 6.45) is -0.462. The highest BCUT2D eigenvalue weighted by molar-refractivity contribution is 7.90. The number of hydrogen-bond acceptors (Lipinski definition) is 8. The number of anilines is 1. The van der Waals surface area contributed by atoms with Gasteiger partial charge in [0, 0.05) is 37.0 Å². The van der Waals surface area contributed by atoms with Gasteiger partial charge in [-0.1, -0.05) is 24.3 Å². The molecule has 0 bridgehead atoms. The minimum Gasteiger partial charge on any atom is -0.469 e. The van der Waals surface area contributed by atoms with Crippen LogP contribution < -0.4 is 10.1 Å². The van der Waals surface area contributed by atoms with Gasteiger partial charge in [0.15, 0.2) is 9.84 Å². The van der Waals surface area contributed by atoms with Gasteiger partial charge in [-0.05, 0) is 17.2 Å². The molecule has 4 rings (SSSR count). The quantitative estimate of drug-likeness (QED) is 0.549. The van der Waals surface area contributed by atoms with Crippen LogP contribution in [0.1, 0.15) is 11.1 Å². The van der Waals surface area contributed by atoms with Gasteiger partial charge < -0.3 is 14.8 Å². The number of nitrogens with zero attached hydrogens (tertiary/aromatic N) is 3. The van der Waals surface area contributed by atoms with Crippen molar-refractivity contribution >= 4 is 15.8 Å². The molecule has 174 valence electrons. The minimum atomic E-state index is -4.64. The van der Waals surface area contributed by atoms with Gasteiger partial charge in [-0.2, -0.15) is 18.2 Å². The van der Waals surface area contributed by atoms with E-state index < -0.39 is 33.6 Å². The average Bonchev–Trinajstić information content (AvgIpc) is 2.74. The number of sulfone groups is 1. The van der Waals surface area contributed by atoms with E-state index in [9.17, 15) is 21.6 Å². The number of rotatable bonds is 7. The SMILES string of the molecule is CS(=O)(=O)c1cncc(-c2ccc(CNc3ncc(C(F)(F)F)c(OC4COC4)n3)cc2)c1.